The quantitative estimate of drug-likeness (QED) is 0.0683. The van der Waals surface area contributed by atoms with Crippen LogP contribution in [0.5, 0.6) is 0 Å². The fourth-order valence-electron chi connectivity index (χ4n) is 8.51. The first-order valence-corrected chi connectivity index (χ1v) is 21.1. The summed E-state index contributed by atoms with van der Waals surface area (Å²) in [4.78, 5) is 0. The van der Waals surface area contributed by atoms with Gasteiger partial charge in [0, 0.05) is 0 Å². The van der Waals surface area contributed by atoms with E-state index in [1.165, 1.54) is 0 Å². The van der Waals surface area contributed by atoms with E-state index in [1.54, 1.807) is 0 Å². The second-order valence-corrected chi connectivity index (χ2v) is 16.8. The summed E-state index contributed by atoms with van der Waals surface area (Å²) in [6.07, 6.45) is -57.1. The molecule has 31 heteroatoms. The summed E-state index contributed by atoms with van der Waals surface area (Å²) in [5.41, 5.74) is 0. The molecule has 6 aliphatic rings. The molecular formula is C36H62O31. The molecule has 6 fully saturated rings. The molecule has 6 saturated heterocycles. The highest BCUT2D eigenvalue weighted by atomic mass is 16.8. The zero-order valence-corrected chi connectivity index (χ0v) is 35.0. The van der Waals surface area contributed by atoms with Crippen LogP contribution in [-0.4, -0.2) is 326 Å². The largest absolute Gasteiger partial charge is 0.394 e. The minimum Gasteiger partial charge on any atom is -0.394 e. The molecule has 0 spiro atoms. The van der Waals surface area contributed by atoms with E-state index in [4.69, 9.17) is 52.1 Å². The average Bonchev–Trinajstić information content (AvgIpc) is 3.32. The van der Waals surface area contributed by atoms with E-state index >= 15 is 0 Å². The summed E-state index contributed by atoms with van der Waals surface area (Å²) in [5, 5.41) is 210. The highest BCUT2D eigenvalue weighted by Gasteiger charge is 2.57. The van der Waals surface area contributed by atoms with Crippen LogP contribution in [0, 0.1) is 0 Å². The third-order valence-corrected chi connectivity index (χ3v) is 12.4. The number of hydrogen-bond acceptors (Lipinski definition) is 31. The van der Waals surface area contributed by atoms with E-state index in [9.17, 15) is 102 Å². The maximum atomic E-state index is 11.4. The molecule has 0 radical (unpaired) electrons. The van der Waals surface area contributed by atoms with Gasteiger partial charge in [-0.25, -0.2) is 0 Å². The third kappa shape index (κ3) is 11.2. The highest BCUT2D eigenvalue weighted by Crippen LogP contribution is 2.36. The van der Waals surface area contributed by atoms with Crippen molar-refractivity contribution >= 4 is 0 Å². The van der Waals surface area contributed by atoms with Gasteiger partial charge in [0.15, 0.2) is 37.7 Å². The predicted octanol–water partition coefficient (Wildman–Crippen LogP) is -14.1. The van der Waals surface area contributed by atoms with Gasteiger partial charge in [0.05, 0.1) is 39.6 Å². The van der Waals surface area contributed by atoms with Crippen LogP contribution >= 0.6 is 0 Å². The molecule has 0 aromatic carbocycles. The fraction of sp³-hybridized carbons (Fsp3) is 1.00. The zero-order valence-electron chi connectivity index (χ0n) is 35.0. The molecule has 20 N–H and O–H groups in total. The van der Waals surface area contributed by atoms with E-state index in [-0.39, 0.29) is 0 Å². The minimum atomic E-state index is -2.19. The Labute approximate surface area is 378 Å². The lowest BCUT2D eigenvalue weighted by molar-refractivity contribution is -0.396. The number of ether oxygens (including phenoxy) is 11. The Morgan fingerprint density at radius 2 is 0.478 bits per heavy atom. The van der Waals surface area contributed by atoms with Gasteiger partial charge in [0.25, 0.3) is 0 Å². The molecule has 0 aromatic heterocycles. The van der Waals surface area contributed by atoms with Crippen molar-refractivity contribution in [3.05, 3.63) is 0 Å². The average molecular weight is 991 g/mol. The SMILES string of the molecule is OC[C@H]1O[C@@H](O[C@H]2[C@H](O)[C@@H](O)[C@H](O[C@@H]3[C@@H](O)[C@H](O[C@H]4[C@H](O)[C@@H](O)[C@H](O[C@H]5[C@H](O)[C@@H](O)[C@H](O[C@H]6[C@H](O)[C@@H](CO)OC(O)[C@@H]6O)O[C@@H]5CO)O[C@@H]4CO)O[C@H](CO)[C@H]3O)O[C@@H]2CO)[C@H](O)[C@@H](O)[C@@H]1O. The van der Waals surface area contributed by atoms with Crippen LogP contribution < -0.4 is 0 Å². The molecule has 31 nitrogen and oxygen atoms in total. The van der Waals surface area contributed by atoms with Crippen molar-refractivity contribution < 1.29 is 154 Å². The molecule has 392 valence electrons. The maximum Gasteiger partial charge on any atom is 0.187 e. The first-order valence-electron chi connectivity index (χ1n) is 21.1. The van der Waals surface area contributed by atoms with Crippen molar-refractivity contribution in [2.24, 2.45) is 0 Å². The summed E-state index contributed by atoms with van der Waals surface area (Å²) >= 11 is 0. The molecule has 1 unspecified atom stereocenters. The zero-order chi connectivity index (χ0) is 49.3. The van der Waals surface area contributed by atoms with Gasteiger partial charge in [0.2, 0.25) is 0 Å². The van der Waals surface area contributed by atoms with Gasteiger partial charge in [-0.05, 0) is 0 Å². The first kappa shape index (κ1) is 55.1. The van der Waals surface area contributed by atoms with Crippen molar-refractivity contribution in [3.8, 4) is 0 Å². The summed E-state index contributed by atoms with van der Waals surface area (Å²) in [7, 11) is 0. The third-order valence-electron chi connectivity index (χ3n) is 12.4. The molecule has 6 heterocycles. The van der Waals surface area contributed by atoms with Crippen LogP contribution in [0.3, 0.4) is 0 Å². The normalized spacial score (nSPS) is 53.4. The Morgan fingerprint density at radius 3 is 0.821 bits per heavy atom. The van der Waals surface area contributed by atoms with Gasteiger partial charge in [0.1, 0.15) is 146 Å². The van der Waals surface area contributed by atoms with Crippen LogP contribution in [0.15, 0.2) is 0 Å². The van der Waals surface area contributed by atoms with Crippen LogP contribution in [0.2, 0.25) is 0 Å². The molecule has 0 aliphatic carbocycles. The molecule has 67 heavy (non-hydrogen) atoms. The number of aliphatic hydroxyl groups is 20. The number of hydrogen-bond donors (Lipinski definition) is 20. The standard InChI is InChI=1S/C36H62O31/c37-1-7-13(43)16(46)20(50)32(58-7)63-26-10(4-40)62-35(23(53)19(26)49)67-30-15(45)9(3-39)59-36(25(30)55)65-28-12(6-42)60-33(21(51)17(28)47)64-27-11(5-41)61-34(22(52)18(27)48)66-29-14(44)8(2-38)57-31(56)24(29)54/h7-56H,1-6H2/t7-,8-,9-,10-,11-,12-,13-,14-,15-,16+,17-,18-,19-,20-,21-,22-,23-,24-,25-,26-,27-,28-,29+,30+,31?,32+,33+,34+,35+,36+/m1/s1. The highest BCUT2D eigenvalue weighted by molar-refractivity contribution is 5.00. The van der Waals surface area contributed by atoms with E-state index in [2.05, 4.69) is 0 Å². The van der Waals surface area contributed by atoms with Gasteiger partial charge in [-0.1, -0.05) is 0 Å². The first-order chi connectivity index (χ1) is 31.8. The maximum absolute atomic E-state index is 11.4. The summed E-state index contributed by atoms with van der Waals surface area (Å²) < 4.78 is 60.3. The smallest absolute Gasteiger partial charge is 0.187 e. The molecule has 0 amide bonds. The van der Waals surface area contributed by atoms with Crippen molar-refractivity contribution in [2.45, 2.75) is 184 Å². The van der Waals surface area contributed by atoms with Crippen LogP contribution in [0.1, 0.15) is 0 Å². The summed E-state index contributed by atoms with van der Waals surface area (Å²) in [6.45, 7) is -5.69. The van der Waals surface area contributed by atoms with Gasteiger partial charge in [-0.15, -0.1) is 0 Å². The Balaban J connectivity index is 1.10. The van der Waals surface area contributed by atoms with E-state index < -0.39 is 224 Å². The molecule has 0 aromatic rings. The number of rotatable bonds is 16. The molecule has 0 saturated carbocycles. The molecular weight excluding hydrogens is 928 g/mol. The number of aliphatic hydroxyl groups excluding tert-OH is 20. The van der Waals surface area contributed by atoms with E-state index in [0.29, 0.717) is 0 Å². The lowest BCUT2D eigenvalue weighted by Crippen LogP contribution is -2.68. The van der Waals surface area contributed by atoms with Gasteiger partial charge in [-0.3, -0.25) is 0 Å². The van der Waals surface area contributed by atoms with Crippen LogP contribution in [0.25, 0.3) is 0 Å². The fourth-order valence-corrected chi connectivity index (χ4v) is 8.51. The molecule has 0 bridgehead atoms. The van der Waals surface area contributed by atoms with Crippen molar-refractivity contribution in [3.63, 3.8) is 0 Å². The second-order valence-electron chi connectivity index (χ2n) is 16.8. The minimum absolute atomic E-state index is 0.832. The topological polar surface area (TPSA) is 506 Å². The van der Waals surface area contributed by atoms with Crippen molar-refractivity contribution in [1.82, 2.24) is 0 Å². The van der Waals surface area contributed by atoms with E-state index in [1.807, 2.05) is 0 Å². The van der Waals surface area contributed by atoms with Gasteiger partial charge in [-0.2, -0.15) is 0 Å². The van der Waals surface area contributed by atoms with Crippen LogP contribution in [0.4, 0.5) is 0 Å². The summed E-state index contributed by atoms with van der Waals surface area (Å²) in [5.74, 6) is 0. The van der Waals surface area contributed by atoms with Gasteiger partial charge < -0.3 is 154 Å². The second kappa shape index (κ2) is 23.5. The Hall–Kier alpha value is -1.24. The summed E-state index contributed by atoms with van der Waals surface area (Å²) in [6, 6.07) is 0. The van der Waals surface area contributed by atoms with E-state index in [0.717, 1.165) is 0 Å². The van der Waals surface area contributed by atoms with Crippen molar-refractivity contribution in [2.75, 3.05) is 39.6 Å². The lowest BCUT2D eigenvalue weighted by atomic mass is 9.95. The lowest BCUT2D eigenvalue weighted by Gasteiger charge is -2.50. The predicted molar refractivity (Wildman–Crippen MR) is 199 cm³/mol. The monoisotopic (exact) mass is 990 g/mol. The molecule has 30 atom stereocenters. The van der Waals surface area contributed by atoms with Gasteiger partial charge >= 0.3 is 0 Å². The molecule has 6 aliphatic heterocycles. The molecule has 6 rings (SSSR count). The Bertz CT molecular complexity index is 1500. The Morgan fingerprint density at radius 1 is 0.224 bits per heavy atom. The Kier molecular flexibility index (Phi) is 19.4. The van der Waals surface area contributed by atoms with Crippen molar-refractivity contribution in [1.29, 1.82) is 0 Å². The van der Waals surface area contributed by atoms with Crippen LogP contribution in [-0.2, 0) is 52.1 Å².